The SMILES string of the molecule is O=C(O)COC(CC(=O)O)C(=O)O.[Na]. The maximum absolute atomic E-state index is 10.3. The van der Waals surface area contributed by atoms with Gasteiger partial charge in [-0.25, -0.2) is 9.59 Å². The number of ether oxygens (including phenoxy) is 1. The molecular formula is C6H8NaO7. The molecule has 0 heterocycles. The van der Waals surface area contributed by atoms with E-state index in [-0.39, 0.29) is 29.6 Å². The van der Waals surface area contributed by atoms with Gasteiger partial charge in [0, 0.05) is 29.6 Å². The van der Waals surface area contributed by atoms with E-state index in [1.54, 1.807) is 0 Å². The fraction of sp³-hybridized carbons (Fsp3) is 0.500. The largest absolute Gasteiger partial charge is 0.481 e. The Morgan fingerprint density at radius 2 is 1.57 bits per heavy atom. The van der Waals surface area contributed by atoms with Crippen molar-refractivity contribution < 1.29 is 34.4 Å². The maximum atomic E-state index is 10.3. The third-order valence-electron chi connectivity index (χ3n) is 1.04. The van der Waals surface area contributed by atoms with E-state index in [0.29, 0.717) is 0 Å². The van der Waals surface area contributed by atoms with E-state index in [4.69, 9.17) is 15.3 Å². The van der Waals surface area contributed by atoms with E-state index in [1.165, 1.54) is 0 Å². The molecule has 0 rings (SSSR count). The summed E-state index contributed by atoms with van der Waals surface area (Å²) in [5.41, 5.74) is 0. The van der Waals surface area contributed by atoms with Crippen LogP contribution >= 0.6 is 0 Å². The topological polar surface area (TPSA) is 121 Å². The monoisotopic (exact) mass is 215 g/mol. The van der Waals surface area contributed by atoms with Gasteiger partial charge in [0.05, 0.1) is 6.42 Å². The minimum Gasteiger partial charge on any atom is -0.481 e. The van der Waals surface area contributed by atoms with Gasteiger partial charge in [0.15, 0.2) is 6.10 Å². The van der Waals surface area contributed by atoms with Crippen molar-refractivity contribution >= 4 is 47.5 Å². The third-order valence-corrected chi connectivity index (χ3v) is 1.04. The molecule has 0 aromatic carbocycles. The number of carbonyl (C=O) groups is 3. The molecule has 0 aliphatic rings. The second kappa shape index (κ2) is 7.74. The number of carboxylic acid groups (broad SMARTS) is 3. The van der Waals surface area contributed by atoms with Crippen LogP contribution in [0.1, 0.15) is 6.42 Å². The number of carboxylic acids is 3. The molecule has 75 valence electrons. The summed E-state index contributed by atoms with van der Waals surface area (Å²) in [5.74, 6) is -4.21. The normalized spacial score (nSPS) is 11.1. The molecule has 0 aliphatic heterocycles. The van der Waals surface area contributed by atoms with Crippen LogP contribution in [0.2, 0.25) is 0 Å². The van der Waals surface area contributed by atoms with Gasteiger partial charge in [0.1, 0.15) is 6.61 Å². The Morgan fingerprint density at radius 1 is 1.07 bits per heavy atom. The van der Waals surface area contributed by atoms with Gasteiger partial charge in [-0.1, -0.05) is 0 Å². The molecule has 0 aromatic rings. The average Bonchev–Trinajstić information content (AvgIpc) is 1.96. The molecule has 8 heteroatoms. The first kappa shape index (κ1) is 15.8. The molecule has 0 saturated heterocycles. The standard InChI is InChI=1S/C6H8O7.Na/c7-4(8)1-3(6(11)12)13-2-5(9)10;/h3H,1-2H2,(H,7,8)(H,9,10)(H,11,12);. The van der Waals surface area contributed by atoms with E-state index in [1.807, 2.05) is 0 Å². The van der Waals surface area contributed by atoms with Crippen molar-refractivity contribution in [3.05, 3.63) is 0 Å². The van der Waals surface area contributed by atoms with Crippen molar-refractivity contribution in [1.82, 2.24) is 0 Å². The predicted octanol–water partition coefficient (Wildman–Crippen LogP) is -1.37. The number of rotatable bonds is 6. The summed E-state index contributed by atoms with van der Waals surface area (Å²) in [6.07, 6.45) is -2.38. The molecular weight excluding hydrogens is 207 g/mol. The van der Waals surface area contributed by atoms with Crippen LogP contribution in [0, 0.1) is 0 Å². The second-order valence-electron chi connectivity index (χ2n) is 2.13. The summed E-state index contributed by atoms with van der Waals surface area (Å²) in [5, 5.41) is 24.7. The van der Waals surface area contributed by atoms with Crippen LogP contribution in [-0.2, 0) is 19.1 Å². The van der Waals surface area contributed by atoms with Crippen LogP contribution < -0.4 is 0 Å². The van der Waals surface area contributed by atoms with Crippen LogP contribution in [0.3, 0.4) is 0 Å². The molecule has 1 radical (unpaired) electrons. The van der Waals surface area contributed by atoms with Crippen molar-refractivity contribution in [2.24, 2.45) is 0 Å². The number of hydrogen-bond acceptors (Lipinski definition) is 4. The Hall–Kier alpha value is -0.630. The molecule has 1 unspecified atom stereocenters. The minimum atomic E-state index is -1.62. The molecule has 1 atom stereocenters. The zero-order valence-electron chi connectivity index (χ0n) is 7.47. The molecule has 0 fully saturated rings. The van der Waals surface area contributed by atoms with Crippen LogP contribution in [0.4, 0.5) is 0 Å². The van der Waals surface area contributed by atoms with Gasteiger partial charge in [-0.05, 0) is 0 Å². The van der Waals surface area contributed by atoms with Gasteiger partial charge in [-0.3, -0.25) is 4.79 Å². The third kappa shape index (κ3) is 7.99. The molecule has 3 N–H and O–H groups in total. The van der Waals surface area contributed by atoms with Gasteiger partial charge >= 0.3 is 17.9 Å². The fourth-order valence-electron chi connectivity index (χ4n) is 0.548. The number of aliphatic carboxylic acids is 3. The summed E-state index contributed by atoms with van der Waals surface area (Å²) in [6.45, 7) is -0.829. The van der Waals surface area contributed by atoms with Gasteiger partial charge in [0.25, 0.3) is 0 Å². The molecule has 0 spiro atoms. The summed E-state index contributed by atoms with van der Waals surface area (Å²) in [6, 6.07) is 0. The first-order chi connectivity index (χ1) is 5.93. The fourth-order valence-corrected chi connectivity index (χ4v) is 0.548. The quantitative estimate of drug-likeness (QED) is 0.467. The van der Waals surface area contributed by atoms with Gasteiger partial charge in [0.2, 0.25) is 0 Å². The Balaban J connectivity index is 0. The number of hydrogen-bond donors (Lipinski definition) is 3. The minimum absolute atomic E-state index is 0. The first-order valence-corrected chi connectivity index (χ1v) is 3.21. The van der Waals surface area contributed by atoms with Crippen molar-refractivity contribution in [3.8, 4) is 0 Å². The maximum Gasteiger partial charge on any atom is 0.333 e. The van der Waals surface area contributed by atoms with Gasteiger partial charge in [-0.2, -0.15) is 0 Å². The zero-order chi connectivity index (χ0) is 10.4. The Bertz CT molecular complexity index is 226. The molecule has 0 aliphatic carbocycles. The van der Waals surface area contributed by atoms with E-state index in [2.05, 4.69) is 4.74 Å². The average molecular weight is 215 g/mol. The van der Waals surface area contributed by atoms with E-state index < -0.39 is 37.0 Å². The van der Waals surface area contributed by atoms with E-state index in [9.17, 15) is 14.4 Å². The van der Waals surface area contributed by atoms with Crippen LogP contribution in [0.5, 0.6) is 0 Å². The first-order valence-electron chi connectivity index (χ1n) is 3.21. The molecule has 0 aromatic heterocycles. The molecule has 14 heavy (non-hydrogen) atoms. The molecule has 0 saturated carbocycles. The Kier molecular flexibility index (Phi) is 8.75. The Morgan fingerprint density at radius 3 is 1.86 bits per heavy atom. The predicted molar refractivity (Wildman–Crippen MR) is 43.0 cm³/mol. The smallest absolute Gasteiger partial charge is 0.333 e. The summed E-state index contributed by atoms with van der Waals surface area (Å²) in [4.78, 5) is 30.3. The summed E-state index contributed by atoms with van der Waals surface area (Å²) in [7, 11) is 0. The second-order valence-corrected chi connectivity index (χ2v) is 2.13. The van der Waals surface area contributed by atoms with E-state index in [0.717, 1.165) is 0 Å². The van der Waals surface area contributed by atoms with Gasteiger partial charge < -0.3 is 20.1 Å². The molecule has 0 bridgehead atoms. The summed E-state index contributed by atoms with van der Waals surface area (Å²) >= 11 is 0. The van der Waals surface area contributed by atoms with Crippen LogP contribution in [0.15, 0.2) is 0 Å². The van der Waals surface area contributed by atoms with Gasteiger partial charge in [-0.15, -0.1) is 0 Å². The van der Waals surface area contributed by atoms with Crippen molar-refractivity contribution in [3.63, 3.8) is 0 Å². The molecule has 7 nitrogen and oxygen atoms in total. The Labute approximate surface area is 101 Å². The van der Waals surface area contributed by atoms with Crippen LogP contribution in [0.25, 0.3) is 0 Å². The molecule has 0 amide bonds. The van der Waals surface area contributed by atoms with Crippen LogP contribution in [-0.4, -0.2) is 75.5 Å². The zero-order valence-corrected chi connectivity index (χ0v) is 9.47. The van der Waals surface area contributed by atoms with Crippen molar-refractivity contribution in [1.29, 1.82) is 0 Å². The summed E-state index contributed by atoms with van der Waals surface area (Å²) < 4.78 is 4.30. The van der Waals surface area contributed by atoms with E-state index >= 15 is 0 Å². The van der Waals surface area contributed by atoms with Crippen molar-refractivity contribution in [2.45, 2.75) is 12.5 Å². The van der Waals surface area contributed by atoms with Crippen molar-refractivity contribution in [2.75, 3.05) is 6.61 Å².